The lowest BCUT2D eigenvalue weighted by atomic mass is 10.0. The number of hydrogen-bond acceptors (Lipinski definition) is 6. The van der Waals surface area contributed by atoms with E-state index in [0.29, 0.717) is 11.4 Å². The maximum Gasteiger partial charge on any atom is 0.241 e. The first-order chi connectivity index (χ1) is 20.1. The highest BCUT2D eigenvalue weighted by Gasteiger charge is 2.38. The van der Waals surface area contributed by atoms with E-state index in [1.54, 1.807) is 48.5 Å². The lowest BCUT2D eigenvalue weighted by Gasteiger charge is -2.32. The van der Waals surface area contributed by atoms with Gasteiger partial charge >= 0.3 is 0 Å². The lowest BCUT2D eigenvalue weighted by Crippen LogP contribution is -2.31. The van der Waals surface area contributed by atoms with E-state index in [-0.39, 0.29) is 17.7 Å². The molecule has 1 unspecified atom stereocenters. The number of nitrogens with one attached hydrogen (secondary N) is 3. The van der Waals surface area contributed by atoms with Crippen LogP contribution in [0.25, 0.3) is 22.2 Å². The van der Waals surface area contributed by atoms with Gasteiger partial charge in [-0.1, -0.05) is 72.8 Å². The van der Waals surface area contributed by atoms with Crippen LogP contribution in [0.3, 0.4) is 0 Å². The predicted molar refractivity (Wildman–Crippen MR) is 164 cm³/mol. The third kappa shape index (κ3) is 5.83. The fourth-order valence-corrected chi connectivity index (χ4v) is 7.87. The molecular weight excluding hydrogens is 572 g/mol. The number of benzene rings is 4. The second-order valence-corrected chi connectivity index (χ2v) is 14.1. The molecule has 1 aliphatic heterocycles. The smallest absolute Gasteiger partial charge is 0.241 e. The summed E-state index contributed by atoms with van der Waals surface area (Å²) >= 11 is 0. The molecule has 0 aliphatic carbocycles. The normalized spacial score (nSPS) is 18.1. The van der Waals surface area contributed by atoms with E-state index in [2.05, 4.69) is 14.4 Å². The van der Waals surface area contributed by atoms with Crippen molar-refractivity contribution >= 4 is 37.7 Å². The van der Waals surface area contributed by atoms with Crippen LogP contribution in [0.1, 0.15) is 40.2 Å². The number of carbonyl (C=O) groups excluding carboxylic acids is 1. The quantitative estimate of drug-likeness (QED) is 0.147. The van der Waals surface area contributed by atoms with Crippen LogP contribution in [0.5, 0.6) is 0 Å². The summed E-state index contributed by atoms with van der Waals surface area (Å²) in [6, 6.07) is 28.7. The maximum absolute atomic E-state index is 13.6. The van der Waals surface area contributed by atoms with Gasteiger partial charge in [-0.15, -0.1) is 10.8 Å². The number of fused-ring (bicyclic) bond motifs is 1. The molecule has 0 saturated carbocycles. The van der Waals surface area contributed by atoms with Crippen LogP contribution in [0.15, 0.2) is 102 Å². The first-order valence-corrected chi connectivity index (χ1v) is 16.5. The van der Waals surface area contributed by atoms with Crippen LogP contribution in [-0.2, 0) is 21.2 Å². The average molecular weight is 603 g/mol. The number of hydrogen-bond donors (Lipinski definition) is 5. The van der Waals surface area contributed by atoms with E-state index in [1.807, 2.05) is 55.5 Å². The molecule has 0 bridgehead atoms. The number of nitrogens with zero attached hydrogens (tertiary/aromatic N) is 1. The van der Waals surface area contributed by atoms with E-state index in [9.17, 15) is 22.3 Å². The zero-order valence-corrected chi connectivity index (χ0v) is 24.3. The molecule has 216 valence electrons. The summed E-state index contributed by atoms with van der Waals surface area (Å²) in [4.78, 5) is 19.9. The third-order valence-electron chi connectivity index (χ3n) is 7.38. The van der Waals surface area contributed by atoms with Crippen molar-refractivity contribution in [2.75, 3.05) is 0 Å². The molecule has 1 fully saturated rings. The van der Waals surface area contributed by atoms with Crippen molar-refractivity contribution in [1.29, 1.82) is 0 Å². The first-order valence-electron chi connectivity index (χ1n) is 13.4. The monoisotopic (exact) mass is 602 g/mol. The Bertz CT molecular complexity index is 1860. The Balaban J connectivity index is 1.29. The van der Waals surface area contributed by atoms with Gasteiger partial charge in [0, 0.05) is 0 Å². The van der Waals surface area contributed by atoms with Gasteiger partial charge in [-0.2, -0.15) is 0 Å². The Morgan fingerprint density at radius 2 is 1.64 bits per heavy atom. The molecule has 2 heterocycles. The van der Waals surface area contributed by atoms with Crippen LogP contribution >= 0.6 is 10.8 Å². The molecule has 5 N–H and O–H groups in total. The summed E-state index contributed by atoms with van der Waals surface area (Å²) in [5.74, 6) is 0.0689. The van der Waals surface area contributed by atoms with E-state index >= 15 is 0 Å². The molecule has 0 spiro atoms. The minimum atomic E-state index is -3.93. The van der Waals surface area contributed by atoms with Gasteiger partial charge in [0.15, 0.2) is 0 Å². The molecule has 42 heavy (non-hydrogen) atoms. The van der Waals surface area contributed by atoms with Gasteiger partial charge in [-0.25, -0.2) is 18.1 Å². The molecule has 1 aliphatic rings. The van der Waals surface area contributed by atoms with Crippen LogP contribution in [0, 0.1) is 6.92 Å². The fourth-order valence-electron chi connectivity index (χ4n) is 5.19. The number of rotatable bonds is 8. The van der Waals surface area contributed by atoms with Crippen molar-refractivity contribution in [3.8, 4) is 11.1 Å². The SMILES string of the molecule is Cc1ccc2nc([C@H](Cc3ccc(C4CC(=O)NS4(O)O)cc3)NS(=O)(=O)c3ccc(-c4ccccc4)cc3)[nH]c2c1. The second kappa shape index (κ2) is 11.0. The van der Waals surface area contributed by atoms with E-state index in [0.717, 1.165) is 33.3 Å². The summed E-state index contributed by atoms with van der Waals surface area (Å²) in [5.41, 5.74) is 5.91. The molecule has 5 aromatic rings. The molecule has 9 nitrogen and oxygen atoms in total. The van der Waals surface area contributed by atoms with Crippen LogP contribution in [0.4, 0.5) is 0 Å². The van der Waals surface area contributed by atoms with E-state index < -0.39 is 38.0 Å². The molecule has 4 aromatic carbocycles. The van der Waals surface area contributed by atoms with E-state index in [1.165, 1.54) is 0 Å². The van der Waals surface area contributed by atoms with Crippen molar-refractivity contribution in [2.45, 2.75) is 36.0 Å². The van der Waals surface area contributed by atoms with Gasteiger partial charge in [0.05, 0.1) is 28.4 Å². The maximum atomic E-state index is 13.6. The lowest BCUT2D eigenvalue weighted by molar-refractivity contribution is -0.118. The zero-order valence-electron chi connectivity index (χ0n) is 22.7. The number of H-pyrrole nitrogens is 1. The Hall–Kier alpha value is -4.00. The molecule has 1 saturated heterocycles. The Morgan fingerprint density at radius 3 is 2.31 bits per heavy atom. The Kier molecular flexibility index (Phi) is 7.37. The van der Waals surface area contributed by atoms with Crippen LogP contribution in [0.2, 0.25) is 0 Å². The minimum Gasteiger partial charge on any atom is -0.341 e. The number of aromatic amines is 1. The van der Waals surface area contributed by atoms with Gasteiger partial charge < -0.3 is 4.98 Å². The number of aryl methyl sites for hydroxylation is 1. The van der Waals surface area contributed by atoms with Crippen molar-refractivity contribution in [2.24, 2.45) is 0 Å². The molecule has 1 aromatic heterocycles. The summed E-state index contributed by atoms with van der Waals surface area (Å²) in [6.45, 7) is 1.98. The highest BCUT2D eigenvalue weighted by Crippen LogP contribution is 2.56. The minimum absolute atomic E-state index is 0.00837. The standard InChI is InChI=1S/C31H30N4O5S2/c1-20-7-16-26-27(17-20)33-31(32-26)28(18-21-8-10-24(11-9-21)29-19-30(36)35-42(29,39)40)34-41(37,38)25-14-12-23(13-15-25)22-5-3-2-4-6-22/h2-17,28-29,34,39-40H,18-19H2,1H3,(H,32,33)(H,35,36)/t28-,29?/m0/s1. The first kappa shape index (κ1) is 28.1. The van der Waals surface area contributed by atoms with Gasteiger partial charge in [-0.3, -0.25) is 18.6 Å². The second-order valence-electron chi connectivity index (χ2n) is 10.5. The molecule has 0 radical (unpaired) electrons. The number of sulfonamides is 1. The largest absolute Gasteiger partial charge is 0.341 e. The summed E-state index contributed by atoms with van der Waals surface area (Å²) in [7, 11) is -7.20. The van der Waals surface area contributed by atoms with E-state index in [4.69, 9.17) is 4.98 Å². The fraction of sp³-hybridized carbons (Fsp3) is 0.161. The molecule has 1 amide bonds. The van der Waals surface area contributed by atoms with Gasteiger partial charge in [0.2, 0.25) is 15.9 Å². The van der Waals surface area contributed by atoms with Crippen LogP contribution in [-0.4, -0.2) is 33.4 Å². The average Bonchev–Trinajstić information content (AvgIpc) is 3.52. The summed E-state index contributed by atoms with van der Waals surface area (Å²) in [5, 5.41) is -0.731. The summed E-state index contributed by atoms with van der Waals surface area (Å²) < 4.78 is 52.8. The Labute approximate surface area is 245 Å². The zero-order chi connectivity index (χ0) is 29.5. The van der Waals surface area contributed by atoms with Crippen molar-refractivity contribution in [1.82, 2.24) is 19.4 Å². The highest BCUT2D eigenvalue weighted by atomic mass is 32.3. The van der Waals surface area contributed by atoms with Crippen LogP contribution < -0.4 is 9.44 Å². The number of imidazole rings is 1. The number of aromatic nitrogens is 2. The number of carbonyl (C=O) groups is 1. The highest BCUT2D eigenvalue weighted by molar-refractivity contribution is 8.23. The number of amides is 1. The van der Waals surface area contributed by atoms with Gasteiger partial charge in [0.25, 0.3) is 0 Å². The van der Waals surface area contributed by atoms with Crippen molar-refractivity contribution in [3.63, 3.8) is 0 Å². The third-order valence-corrected chi connectivity index (χ3v) is 10.6. The topological polar surface area (TPSA) is 144 Å². The van der Waals surface area contributed by atoms with Gasteiger partial charge in [0.1, 0.15) is 11.1 Å². The predicted octanol–water partition coefficient (Wildman–Crippen LogP) is 6.03. The van der Waals surface area contributed by atoms with Gasteiger partial charge in [-0.05, 0) is 65.4 Å². The molecule has 11 heteroatoms. The Morgan fingerprint density at radius 1 is 0.952 bits per heavy atom. The molecule has 2 atom stereocenters. The molecule has 6 rings (SSSR count). The summed E-state index contributed by atoms with van der Waals surface area (Å²) in [6.07, 6.45) is 0.268. The van der Waals surface area contributed by atoms with Crippen molar-refractivity contribution < 1.29 is 22.3 Å². The van der Waals surface area contributed by atoms with Crippen molar-refractivity contribution in [3.05, 3.63) is 120 Å². The molecular formula is C31H30N4O5S2.